The van der Waals surface area contributed by atoms with Crippen LogP contribution in [0.5, 0.6) is 0 Å². The van der Waals surface area contributed by atoms with Gasteiger partial charge in [0.05, 0.1) is 29.7 Å². The minimum Gasteiger partial charge on any atom is -0.469 e. The smallest absolute Gasteiger partial charge is 0.305 e. The van der Waals surface area contributed by atoms with Gasteiger partial charge in [-0.25, -0.2) is 0 Å². The predicted molar refractivity (Wildman–Crippen MR) is 112 cm³/mol. The first kappa shape index (κ1) is 25.7. The van der Waals surface area contributed by atoms with Crippen molar-refractivity contribution >= 4 is 27.7 Å². The van der Waals surface area contributed by atoms with E-state index < -0.39 is 41.6 Å². The van der Waals surface area contributed by atoms with Gasteiger partial charge in [-0.1, -0.05) is 31.2 Å². The molecule has 0 radical (unpaired) electrons. The fraction of sp³-hybridized carbons (Fsp3) is 0.619. The summed E-state index contributed by atoms with van der Waals surface area (Å²) in [6.07, 6.45) is 6.20. The summed E-state index contributed by atoms with van der Waals surface area (Å²) < 4.78 is 4.63. The zero-order valence-electron chi connectivity index (χ0n) is 16.8. The Hall–Kier alpha value is -1.32. The molecule has 0 bridgehead atoms. The Morgan fingerprint density at radius 2 is 1.93 bits per heavy atom. The number of aliphatic hydroxyl groups excluding tert-OH is 3. The highest BCUT2D eigenvalue weighted by molar-refractivity contribution is 9.12. The molecule has 7 nitrogen and oxygen atoms in total. The molecule has 0 saturated carbocycles. The number of rotatable bonds is 12. The minimum absolute atomic E-state index is 0.0327. The third kappa shape index (κ3) is 7.46. The first-order valence-corrected chi connectivity index (χ1v) is 10.5. The number of hydrogen-bond acceptors (Lipinski definition) is 7. The van der Waals surface area contributed by atoms with Crippen LogP contribution in [-0.2, 0) is 14.3 Å². The minimum atomic E-state index is -1.69. The third-order valence-electron chi connectivity index (χ3n) is 4.91. The monoisotopic (exact) mass is 474 g/mol. The van der Waals surface area contributed by atoms with Crippen LogP contribution in [0.3, 0.4) is 0 Å². The summed E-state index contributed by atoms with van der Waals surface area (Å²) in [5.74, 6) is -2.31. The molecule has 1 unspecified atom stereocenters. The Morgan fingerprint density at radius 1 is 1.28 bits per heavy atom. The summed E-state index contributed by atoms with van der Waals surface area (Å²) in [5.41, 5.74) is -1.69. The Labute approximate surface area is 179 Å². The molecule has 0 aromatic heterocycles. The molecule has 1 aliphatic rings. The van der Waals surface area contributed by atoms with Gasteiger partial charge >= 0.3 is 5.97 Å². The number of ketones is 1. The lowest BCUT2D eigenvalue weighted by Gasteiger charge is -2.34. The second-order valence-corrected chi connectivity index (χ2v) is 7.99. The summed E-state index contributed by atoms with van der Waals surface area (Å²) in [6, 6.07) is 0. The summed E-state index contributed by atoms with van der Waals surface area (Å²) in [4.78, 5) is 23.6. The molecule has 5 atom stereocenters. The number of allylic oxidation sites excluding steroid dienone is 4. The molecule has 1 rings (SSSR count). The van der Waals surface area contributed by atoms with Crippen LogP contribution in [0.15, 0.2) is 34.9 Å². The number of carbonyl (C=O) groups excluding carboxylic acids is 2. The van der Waals surface area contributed by atoms with Crippen LogP contribution in [0.1, 0.15) is 45.4 Å². The maximum Gasteiger partial charge on any atom is 0.305 e. The molecule has 1 aliphatic carbocycles. The number of Topliss-reactive ketones (excluding diaryl/α,β-unsaturated/α-hetero) is 1. The molecule has 0 aliphatic heterocycles. The number of methoxy groups -OCH3 is 1. The van der Waals surface area contributed by atoms with Gasteiger partial charge in [0.2, 0.25) is 0 Å². The molecule has 0 aromatic rings. The average molecular weight is 475 g/mol. The van der Waals surface area contributed by atoms with Crippen molar-refractivity contribution < 1.29 is 34.8 Å². The predicted octanol–water partition coefficient (Wildman–Crippen LogP) is 1.92. The van der Waals surface area contributed by atoms with Gasteiger partial charge in [0.1, 0.15) is 11.7 Å². The summed E-state index contributed by atoms with van der Waals surface area (Å²) in [7, 11) is 1.25. The fourth-order valence-corrected chi connectivity index (χ4v) is 3.90. The van der Waals surface area contributed by atoms with Crippen molar-refractivity contribution in [3.05, 3.63) is 34.9 Å². The first-order valence-electron chi connectivity index (χ1n) is 9.73. The van der Waals surface area contributed by atoms with Crippen LogP contribution in [0, 0.1) is 5.92 Å². The lowest BCUT2D eigenvalue weighted by Crippen LogP contribution is -2.51. The Kier molecular flexibility index (Phi) is 11.0. The Bertz CT molecular complexity index is 643. The van der Waals surface area contributed by atoms with Crippen molar-refractivity contribution in [2.45, 2.75) is 69.4 Å². The molecule has 29 heavy (non-hydrogen) atoms. The fourth-order valence-electron chi connectivity index (χ4n) is 3.26. The first-order chi connectivity index (χ1) is 13.7. The van der Waals surface area contributed by atoms with E-state index in [2.05, 4.69) is 20.7 Å². The number of halogens is 1. The normalized spacial score (nSPS) is 25.4. The topological polar surface area (TPSA) is 124 Å². The molecule has 0 fully saturated rings. The van der Waals surface area contributed by atoms with Gasteiger partial charge in [-0.15, -0.1) is 0 Å². The highest BCUT2D eigenvalue weighted by Crippen LogP contribution is 2.40. The molecular weight excluding hydrogens is 444 g/mol. The van der Waals surface area contributed by atoms with Crippen LogP contribution in [-0.4, -0.2) is 63.2 Å². The Morgan fingerprint density at radius 3 is 2.55 bits per heavy atom. The number of esters is 1. The molecule has 0 saturated heterocycles. The van der Waals surface area contributed by atoms with Crippen molar-refractivity contribution in [1.82, 2.24) is 0 Å². The van der Waals surface area contributed by atoms with Gasteiger partial charge < -0.3 is 25.2 Å². The van der Waals surface area contributed by atoms with E-state index in [1.54, 1.807) is 6.08 Å². The van der Waals surface area contributed by atoms with Gasteiger partial charge in [0.25, 0.3) is 0 Å². The maximum absolute atomic E-state index is 12.5. The van der Waals surface area contributed by atoms with E-state index in [0.29, 0.717) is 6.42 Å². The van der Waals surface area contributed by atoms with Crippen molar-refractivity contribution in [2.75, 3.05) is 7.11 Å². The van der Waals surface area contributed by atoms with E-state index in [4.69, 9.17) is 0 Å². The number of carbonyl (C=O) groups is 2. The van der Waals surface area contributed by atoms with Crippen LogP contribution in [0.25, 0.3) is 0 Å². The van der Waals surface area contributed by atoms with E-state index >= 15 is 0 Å². The van der Waals surface area contributed by atoms with Gasteiger partial charge in [0.15, 0.2) is 5.78 Å². The molecule has 0 heterocycles. The third-order valence-corrected chi connectivity index (χ3v) is 5.53. The van der Waals surface area contributed by atoms with Crippen molar-refractivity contribution in [3.63, 3.8) is 0 Å². The van der Waals surface area contributed by atoms with E-state index in [-0.39, 0.29) is 30.2 Å². The van der Waals surface area contributed by atoms with E-state index in [0.717, 1.165) is 6.42 Å². The number of hydrogen-bond donors (Lipinski definition) is 4. The summed E-state index contributed by atoms with van der Waals surface area (Å²) in [6.45, 7) is 2.02. The Balaban J connectivity index is 2.78. The van der Waals surface area contributed by atoms with Gasteiger partial charge in [-0.3, -0.25) is 9.59 Å². The van der Waals surface area contributed by atoms with Crippen LogP contribution in [0.2, 0.25) is 0 Å². The number of ether oxygens (including phenoxy) is 1. The lowest BCUT2D eigenvalue weighted by atomic mass is 9.79. The second-order valence-electron chi connectivity index (χ2n) is 7.13. The molecule has 0 aromatic carbocycles. The van der Waals surface area contributed by atoms with Crippen molar-refractivity contribution in [1.29, 1.82) is 0 Å². The largest absolute Gasteiger partial charge is 0.469 e. The van der Waals surface area contributed by atoms with Gasteiger partial charge in [-0.05, 0) is 54.1 Å². The molecular formula is C21H31BrO7. The van der Waals surface area contributed by atoms with Crippen LogP contribution >= 0.6 is 15.9 Å². The summed E-state index contributed by atoms with van der Waals surface area (Å²) in [5, 5.41) is 42.0. The van der Waals surface area contributed by atoms with E-state index in [1.807, 2.05) is 25.2 Å². The average Bonchev–Trinajstić information content (AvgIpc) is 2.91. The highest BCUT2D eigenvalue weighted by Gasteiger charge is 2.51. The highest BCUT2D eigenvalue weighted by atomic mass is 79.9. The molecule has 4 N–H and O–H groups in total. The molecule has 8 heteroatoms. The standard InChI is InChI=1S/C21H31BrO7/c1-3-4-5-6-7-8-12-21(28)13-14(22)18(25)17(21)20(27)19(26)15(23)10-9-11-16(24)29-2/h4-5,7-8,13,15,17,19-20,23,26-28H,3,6,9-12H2,1-2H3/b5-4-,8-7-/t15-,17+,19-,20-,21?/m0/s1. The number of aliphatic hydroxyl groups is 4. The van der Waals surface area contributed by atoms with Crippen LogP contribution in [0.4, 0.5) is 0 Å². The van der Waals surface area contributed by atoms with Gasteiger partial charge in [0, 0.05) is 6.42 Å². The zero-order chi connectivity index (χ0) is 22.0. The zero-order valence-corrected chi connectivity index (χ0v) is 18.4. The van der Waals surface area contributed by atoms with Gasteiger partial charge in [-0.2, -0.15) is 0 Å². The van der Waals surface area contributed by atoms with Crippen molar-refractivity contribution in [2.24, 2.45) is 5.92 Å². The second kappa shape index (κ2) is 12.4. The van der Waals surface area contributed by atoms with E-state index in [9.17, 15) is 30.0 Å². The molecule has 164 valence electrons. The van der Waals surface area contributed by atoms with Crippen LogP contribution < -0.4 is 0 Å². The lowest BCUT2D eigenvalue weighted by molar-refractivity contribution is -0.144. The maximum atomic E-state index is 12.5. The summed E-state index contributed by atoms with van der Waals surface area (Å²) >= 11 is 3.09. The van der Waals surface area contributed by atoms with E-state index in [1.165, 1.54) is 13.2 Å². The molecule has 0 amide bonds. The SMILES string of the molecule is CC/C=C\C/C=C\CC1(O)C=C(Br)C(=O)[C@@H]1[C@H](O)[C@@H](O)[C@@H](O)CCCC(=O)OC. The van der Waals surface area contributed by atoms with Crippen molar-refractivity contribution in [3.8, 4) is 0 Å². The molecule has 0 spiro atoms. The quantitative estimate of drug-likeness (QED) is 0.251.